The molecule has 0 radical (unpaired) electrons. The molecular formula is C51H65F3N2O7. The molecule has 0 aliphatic carbocycles. The van der Waals surface area contributed by atoms with E-state index in [1.165, 1.54) is 58.5 Å². The Morgan fingerprint density at radius 3 is 1.97 bits per heavy atom. The molecule has 3 atom stereocenters. The lowest BCUT2D eigenvalue weighted by Gasteiger charge is -2.24. The van der Waals surface area contributed by atoms with Crippen molar-refractivity contribution < 1.29 is 46.9 Å². The Hall–Kier alpha value is -5.62. The largest absolute Gasteiger partial charge is 0.486 e. The number of rotatable bonds is 19. The monoisotopic (exact) mass is 874 g/mol. The van der Waals surface area contributed by atoms with Gasteiger partial charge in [0.2, 0.25) is 0 Å². The van der Waals surface area contributed by atoms with Crippen molar-refractivity contribution in [1.82, 2.24) is 9.80 Å². The zero-order chi connectivity index (χ0) is 46.9. The van der Waals surface area contributed by atoms with Gasteiger partial charge in [-0.15, -0.1) is 0 Å². The zero-order valence-corrected chi connectivity index (χ0v) is 38.4. The number of halogens is 3. The first-order valence-electron chi connectivity index (χ1n) is 21.5. The normalized spacial score (nSPS) is 13.1. The van der Waals surface area contributed by atoms with Gasteiger partial charge in [-0.25, -0.2) is 4.79 Å². The van der Waals surface area contributed by atoms with Crippen LogP contribution in [-0.2, 0) is 22.2 Å². The second-order valence-electron chi connectivity index (χ2n) is 16.5. The summed E-state index contributed by atoms with van der Waals surface area (Å²) in [5.41, 5.74) is 6.31. The molecule has 4 aromatic carbocycles. The van der Waals surface area contributed by atoms with Crippen LogP contribution in [0.3, 0.4) is 0 Å². The number of amides is 1. The van der Waals surface area contributed by atoms with Gasteiger partial charge in [0.05, 0.1) is 17.4 Å². The Morgan fingerprint density at radius 2 is 1.43 bits per heavy atom. The van der Waals surface area contributed by atoms with Crippen molar-refractivity contribution in [3.8, 4) is 17.2 Å². The van der Waals surface area contributed by atoms with E-state index in [9.17, 15) is 32.7 Å². The number of nitrogens with zero attached hydrogens (tertiary/aromatic N) is 2. The van der Waals surface area contributed by atoms with Gasteiger partial charge in [-0.1, -0.05) is 95.3 Å². The molecule has 3 unspecified atom stereocenters. The van der Waals surface area contributed by atoms with Crippen molar-refractivity contribution >= 4 is 23.6 Å². The maximum Gasteiger partial charge on any atom is 0.416 e. The molecule has 0 spiro atoms. The van der Waals surface area contributed by atoms with Crippen LogP contribution in [0.5, 0.6) is 17.2 Å². The average Bonchev–Trinajstić information content (AvgIpc) is 3.23. The molecule has 1 N–H and O–H groups in total. The number of benzene rings is 4. The number of alkyl halides is 3. The van der Waals surface area contributed by atoms with Crippen LogP contribution in [0.2, 0.25) is 0 Å². The van der Waals surface area contributed by atoms with Gasteiger partial charge in [-0.3, -0.25) is 9.59 Å². The van der Waals surface area contributed by atoms with Gasteiger partial charge >= 0.3 is 24.2 Å². The number of aryl methyl sites for hydroxylation is 2. The summed E-state index contributed by atoms with van der Waals surface area (Å²) in [5.74, 6) is -2.45. The molecular weight excluding hydrogens is 810 g/mol. The van der Waals surface area contributed by atoms with E-state index in [-0.39, 0.29) is 42.6 Å². The third kappa shape index (κ3) is 16.5. The molecule has 0 heterocycles. The highest BCUT2D eigenvalue weighted by Gasteiger charge is 2.30. The lowest BCUT2D eigenvalue weighted by molar-refractivity contribution is -0.143. The van der Waals surface area contributed by atoms with Crippen LogP contribution >= 0.6 is 0 Å². The summed E-state index contributed by atoms with van der Waals surface area (Å²) in [7, 11) is 5.78. The Kier molecular flexibility index (Phi) is 20.4. The fourth-order valence-electron chi connectivity index (χ4n) is 6.74. The maximum absolute atomic E-state index is 13.2. The first kappa shape index (κ1) is 51.7. The molecule has 1 amide bonds. The molecule has 0 bridgehead atoms. The van der Waals surface area contributed by atoms with Gasteiger partial charge in [0, 0.05) is 26.6 Å². The van der Waals surface area contributed by atoms with Crippen LogP contribution in [0, 0.1) is 31.6 Å². The second kappa shape index (κ2) is 24.9. The van der Waals surface area contributed by atoms with E-state index >= 15 is 0 Å². The number of carbonyl (C=O) groups is 3. The minimum Gasteiger partial charge on any atom is -0.486 e. The number of ether oxygens (including phenoxy) is 3. The first-order valence-corrected chi connectivity index (χ1v) is 21.5. The molecule has 4 rings (SSSR count). The number of hydrogen-bond acceptors (Lipinski definition) is 7. The average molecular weight is 875 g/mol. The predicted molar refractivity (Wildman–Crippen MR) is 243 cm³/mol. The molecule has 9 nitrogen and oxygen atoms in total. The molecule has 0 saturated heterocycles. The van der Waals surface area contributed by atoms with Crippen LogP contribution in [0.1, 0.15) is 99.8 Å². The Balaban J connectivity index is 0.000000519. The quantitative estimate of drug-likeness (QED) is 0.0733. The fraction of sp³-hybridized carbons (Fsp3) is 0.431. The van der Waals surface area contributed by atoms with Gasteiger partial charge in [0.15, 0.2) is 11.5 Å². The maximum atomic E-state index is 13.2. The smallest absolute Gasteiger partial charge is 0.416 e. The molecule has 0 aromatic heterocycles. The Labute approximate surface area is 371 Å². The Bertz CT molecular complexity index is 2080. The number of carbonyl (C=O) groups excluding carboxylic acids is 2. The van der Waals surface area contributed by atoms with E-state index < -0.39 is 47.7 Å². The van der Waals surface area contributed by atoms with Crippen LogP contribution < -0.4 is 14.2 Å². The number of carboxylic acid groups (broad SMARTS) is 1. The van der Waals surface area contributed by atoms with Crippen LogP contribution in [0.15, 0.2) is 97.1 Å². The van der Waals surface area contributed by atoms with Crippen molar-refractivity contribution in [2.45, 2.75) is 92.9 Å². The third-order valence-corrected chi connectivity index (χ3v) is 10.8. The van der Waals surface area contributed by atoms with E-state index in [0.29, 0.717) is 12.0 Å². The second-order valence-corrected chi connectivity index (χ2v) is 16.5. The van der Waals surface area contributed by atoms with Gasteiger partial charge in [-0.2, -0.15) is 13.2 Å². The molecule has 63 heavy (non-hydrogen) atoms. The highest BCUT2D eigenvalue weighted by Crippen LogP contribution is 2.34. The van der Waals surface area contributed by atoms with E-state index in [2.05, 4.69) is 64.0 Å². The highest BCUT2D eigenvalue weighted by atomic mass is 19.4. The van der Waals surface area contributed by atoms with Gasteiger partial charge in [-0.05, 0) is 129 Å². The molecule has 0 aliphatic rings. The minimum absolute atomic E-state index is 0.00486. The van der Waals surface area contributed by atoms with Crippen LogP contribution in [0.4, 0.5) is 18.0 Å². The topological polar surface area (TPSA) is 106 Å². The summed E-state index contributed by atoms with van der Waals surface area (Å²) >= 11 is 0. The van der Waals surface area contributed by atoms with Crippen LogP contribution in [0.25, 0.3) is 5.57 Å². The SMILES string of the molecule is CC/C=C(/CCN(C)C)c1c(C)cccc1C.CCC(C)C(=O)Oc1cc(CC(C(=O)O)C(C)C)ccc1OC(=O)N(C)CCC(Oc1ccc(C(F)(F)F)cc1)c1ccccc1. The fourth-order valence-corrected chi connectivity index (χ4v) is 6.74. The molecule has 342 valence electrons. The summed E-state index contributed by atoms with van der Waals surface area (Å²) in [4.78, 5) is 41.1. The molecule has 4 aromatic rings. The van der Waals surface area contributed by atoms with Gasteiger partial charge < -0.3 is 29.1 Å². The van der Waals surface area contributed by atoms with Crippen molar-refractivity contribution in [1.29, 1.82) is 0 Å². The minimum atomic E-state index is -4.47. The lowest BCUT2D eigenvalue weighted by Crippen LogP contribution is -2.32. The summed E-state index contributed by atoms with van der Waals surface area (Å²) in [6, 6.07) is 24.7. The Morgan fingerprint density at radius 1 is 0.794 bits per heavy atom. The van der Waals surface area contributed by atoms with Gasteiger partial charge in [0.25, 0.3) is 0 Å². The first-order chi connectivity index (χ1) is 29.7. The highest BCUT2D eigenvalue weighted by molar-refractivity contribution is 5.77. The summed E-state index contributed by atoms with van der Waals surface area (Å²) in [6.07, 6.45) is -0.207. The van der Waals surface area contributed by atoms with E-state index in [4.69, 9.17) is 14.2 Å². The van der Waals surface area contributed by atoms with Crippen LogP contribution in [-0.4, -0.2) is 67.2 Å². The van der Waals surface area contributed by atoms with E-state index in [1.54, 1.807) is 13.0 Å². The van der Waals surface area contributed by atoms with Crippen molar-refractivity contribution in [3.63, 3.8) is 0 Å². The van der Waals surface area contributed by atoms with Crippen molar-refractivity contribution in [3.05, 3.63) is 130 Å². The van der Waals surface area contributed by atoms with Crippen molar-refractivity contribution in [2.75, 3.05) is 34.2 Å². The standard InChI is InChI=1S/C35H40F3NO7.C16H25N/c1-6-23(4)33(42)45-31-21-24(20-28(22(2)3)32(40)41)12-17-30(31)46-34(43)39(5)19-18-29(25-10-8-7-9-11-25)44-27-15-13-26(14-16-27)35(36,37)38;1-6-8-15(11-12-17(4)5)16-13(2)9-7-10-14(16)3/h7-17,21-23,28-29H,6,18-20H2,1-5H3,(H,40,41);7-10H,6,11-12H2,1-5H3/b;15-8-. The number of carboxylic acids is 1. The van der Waals surface area contributed by atoms with E-state index in [0.717, 1.165) is 37.1 Å². The number of hydrogen-bond donors (Lipinski definition) is 1. The zero-order valence-electron chi connectivity index (χ0n) is 38.4. The molecule has 12 heteroatoms. The predicted octanol–water partition coefficient (Wildman–Crippen LogP) is 12.2. The molecule has 0 fully saturated rings. The summed E-state index contributed by atoms with van der Waals surface area (Å²) < 4.78 is 56.3. The summed E-state index contributed by atoms with van der Waals surface area (Å²) in [6.45, 7) is 15.1. The summed E-state index contributed by atoms with van der Waals surface area (Å²) in [5, 5.41) is 9.63. The number of aliphatic carboxylic acids is 1. The van der Waals surface area contributed by atoms with Gasteiger partial charge in [0.1, 0.15) is 11.9 Å². The molecule has 0 aliphatic heterocycles. The number of allylic oxidation sites excluding steroid dienone is 1. The lowest BCUT2D eigenvalue weighted by atomic mass is 9.89. The number of esters is 1. The molecule has 0 saturated carbocycles. The van der Waals surface area contributed by atoms with Crippen molar-refractivity contribution in [2.24, 2.45) is 17.8 Å². The van der Waals surface area contributed by atoms with E-state index in [1.807, 2.05) is 51.1 Å². The third-order valence-electron chi connectivity index (χ3n) is 10.8.